The third-order valence-electron chi connectivity index (χ3n) is 1.46. The Morgan fingerprint density at radius 3 is 2.00 bits per heavy atom. The molecule has 0 fully saturated rings. The predicted octanol–water partition coefficient (Wildman–Crippen LogP) is 0.00898. The molecular formula is C5H10BNO2. The minimum atomic E-state index is -1.38. The van der Waals surface area contributed by atoms with E-state index in [1.807, 2.05) is 6.07 Å². The van der Waals surface area contributed by atoms with Gasteiger partial charge in [-0.2, -0.15) is 5.26 Å². The zero-order chi connectivity index (χ0) is 7.44. The Kier molecular flexibility index (Phi) is 3.29. The second kappa shape index (κ2) is 3.49. The van der Waals surface area contributed by atoms with Crippen LogP contribution in [0.2, 0.25) is 5.82 Å². The molecule has 0 aliphatic carbocycles. The predicted molar refractivity (Wildman–Crippen MR) is 34.4 cm³/mol. The van der Waals surface area contributed by atoms with E-state index in [1.54, 1.807) is 13.8 Å². The van der Waals surface area contributed by atoms with Crippen molar-refractivity contribution in [2.45, 2.75) is 19.7 Å². The molecule has 3 nitrogen and oxygen atoms in total. The molecule has 0 aromatic rings. The van der Waals surface area contributed by atoms with Crippen LogP contribution in [0.5, 0.6) is 0 Å². The van der Waals surface area contributed by atoms with Gasteiger partial charge in [-0.25, -0.2) is 0 Å². The zero-order valence-corrected chi connectivity index (χ0v) is 5.57. The molecule has 0 aliphatic heterocycles. The van der Waals surface area contributed by atoms with Crippen molar-refractivity contribution in [3.05, 3.63) is 0 Å². The first-order valence-electron chi connectivity index (χ1n) is 2.85. The van der Waals surface area contributed by atoms with Crippen LogP contribution in [0.15, 0.2) is 0 Å². The normalized spacial score (nSPS) is 15.9. The lowest BCUT2D eigenvalue weighted by molar-refractivity contribution is 0.375. The van der Waals surface area contributed by atoms with Crippen molar-refractivity contribution in [2.75, 3.05) is 0 Å². The minimum Gasteiger partial charge on any atom is -0.427 e. The Balaban J connectivity index is 3.76. The number of nitrogens with zero attached hydrogens (tertiary/aromatic N) is 1. The summed E-state index contributed by atoms with van der Waals surface area (Å²) in [4.78, 5) is 0. The van der Waals surface area contributed by atoms with Crippen molar-refractivity contribution in [2.24, 2.45) is 5.92 Å². The first kappa shape index (κ1) is 8.47. The van der Waals surface area contributed by atoms with Crippen molar-refractivity contribution in [1.82, 2.24) is 0 Å². The van der Waals surface area contributed by atoms with E-state index < -0.39 is 7.12 Å². The summed E-state index contributed by atoms with van der Waals surface area (Å²) in [5.41, 5.74) is 0. The van der Waals surface area contributed by atoms with Gasteiger partial charge in [0, 0.05) is 11.7 Å². The van der Waals surface area contributed by atoms with Gasteiger partial charge in [0.25, 0.3) is 0 Å². The molecule has 0 spiro atoms. The third kappa shape index (κ3) is 2.50. The molecule has 50 valence electrons. The molecule has 0 heterocycles. The van der Waals surface area contributed by atoms with Crippen LogP contribution >= 0.6 is 0 Å². The second-order valence-electron chi connectivity index (χ2n) is 2.19. The number of rotatable bonds is 2. The van der Waals surface area contributed by atoms with Crippen LogP contribution in [0.25, 0.3) is 0 Å². The summed E-state index contributed by atoms with van der Waals surface area (Å²) in [7, 11) is -1.38. The van der Waals surface area contributed by atoms with E-state index in [1.165, 1.54) is 0 Å². The number of nitriles is 1. The van der Waals surface area contributed by atoms with Crippen molar-refractivity contribution in [1.29, 1.82) is 5.26 Å². The molecule has 0 amide bonds. The lowest BCUT2D eigenvalue weighted by atomic mass is 9.68. The van der Waals surface area contributed by atoms with Gasteiger partial charge in [0.1, 0.15) is 0 Å². The fourth-order valence-corrected chi connectivity index (χ4v) is 0.376. The molecule has 0 saturated heterocycles. The Bertz CT molecular complexity index is 121. The first-order valence-corrected chi connectivity index (χ1v) is 2.85. The Hall–Kier alpha value is -0.525. The van der Waals surface area contributed by atoms with Crippen LogP contribution < -0.4 is 0 Å². The van der Waals surface area contributed by atoms with Gasteiger partial charge in [0.2, 0.25) is 0 Å². The monoisotopic (exact) mass is 127 g/mol. The summed E-state index contributed by atoms with van der Waals surface area (Å²) < 4.78 is 0. The highest BCUT2D eigenvalue weighted by Crippen LogP contribution is 2.16. The quantitative estimate of drug-likeness (QED) is 0.513. The van der Waals surface area contributed by atoms with Crippen molar-refractivity contribution in [3.63, 3.8) is 0 Å². The highest BCUT2D eigenvalue weighted by molar-refractivity contribution is 6.43. The van der Waals surface area contributed by atoms with E-state index in [-0.39, 0.29) is 11.7 Å². The number of hydrogen-bond donors (Lipinski definition) is 2. The molecule has 2 atom stereocenters. The molecule has 9 heavy (non-hydrogen) atoms. The van der Waals surface area contributed by atoms with Gasteiger partial charge in [0.15, 0.2) is 0 Å². The van der Waals surface area contributed by atoms with Crippen LogP contribution in [0, 0.1) is 17.2 Å². The van der Waals surface area contributed by atoms with Gasteiger partial charge in [-0.05, 0) is 6.92 Å². The zero-order valence-electron chi connectivity index (χ0n) is 5.57. The summed E-state index contributed by atoms with van der Waals surface area (Å²) in [6.07, 6.45) is 0. The molecule has 0 bridgehead atoms. The van der Waals surface area contributed by atoms with Crippen molar-refractivity contribution in [3.8, 4) is 6.07 Å². The van der Waals surface area contributed by atoms with Gasteiger partial charge in [-0.15, -0.1) is 0 Å². The Morgan fingerprint density at radius 2 is 1.89 bits per heavy atom. The fraction of sp³-hybridized carbons (Fsp3) is 0.800. The molecule has 0 saturated carbocycles. The second-order valence-corrected chi connectivity index (χ2v) is 2.19. The molecule has 1 unspecified atom stereocenters. The molecule has 0 rings (SSSR count). The largest absolute Gasteiger partial charge is 0.455 e. The van der Waals surface area contributed by atoms with Gasteiger partial charge in [-0.3, -0.25) is 0 Å². The van der Waals surface area contributed by atoms with Crippen molar-refractivity contribution >= 4 is 7.12 Å². The number of hydrogen-bond acceptors (Lipinski definition) is 3. The topological polar surface area (TPSA) is 64.2 Å². The van der Waals surface area contributed by atoms with Crippen LogP contribution in [-0.4, -0.2) is 17.2 Å². The van der Waals surface area contributed by atoms with Crippen LogP contribution in [0.3, 0.4) is 0 Å². The summed E-state index contributed by atoms with van der Waals surface area (Å²) in [6.45, 7) is 3.28. The van der Waals surface area contributed by atoms with Gasteiger partial charge in [0.05, 0.1) is 6.07 Å². The average Bonchev–Trinajstić information content (AvgIpc) is 1.84. The van der Waals surface area contributed by atoms with E-state index in [4.69, 9.17) is 15.3 Å². The lowest BCUT2D eigenvalue weighted by Gasteiger charge is -2.09. The van der Waals surface area contributed by atoms with Gasteiger partial charge in [-0.1, -0.05) is 6.92 Å². The first-order chi connectivity index (χ1) is 4.09. The Morgan fingerprint density at radius 1 is 1.44 bits per heavy atom. The summed E-state index contributed by atoms with van der Waals surface area (Å²) in [5.74, 6) is -0.667. The van der Waals surface area contributed by atoms with E-state index in [2.05, 4.69) is 0 Å². The SMILES string of the molecule is CC(B(O)O)[C@H](C)C#N. The third-order valence-corrected chi connectivity index (χ3v) is 1.46. The van der Waals surface area contributed by atoms with E-state index in [0.717, 1.165) is 0 Å². The summed E-state index contributed by atoms with van der Waals surface area (Å²) >= 11 is 0. The van der Waals surface area contributed by atoms with Crippen LogP contribution in [-0.2, 0) is 0 Å². The maximum Gasteiger partial charge on any atom is 0.455 e. The maximum absolute atomic E-state index is 8.53. The average molecular weight is 127 g/mol. The van der Waals surface area contributed by atoms with Crippen LogP contribution in [0.4, 0.5) is 0 Å². The molecule has 0 aromatic carbocycles. The van der Waals surface area contributed by atoms with E-state index in [9.17, 15) is 0 Å². The standard InChI is InChI=1S/C5H10BNO2/c1-4(3-7)5(2)6(8)9/h4-5,8-9H,1-2H3/t4-,5?/m1/s1. The molecule has 0 radical (unpaired) electrons. The molecule has 0 aromatic heterocycles. The van der Waals surface area contributed by atoms with Crippen molar-refractivity contribution < 1.29 is 10.0 Å². The Labute approximate surface area is 55.1 Å². The fourth-order valence-electron chi connectivity index (χ4n) is 0.376. The highest BCUT2D eigenvalue weighted by Gasteiger charge is 2.23. The van der Waals surface area contributed by atoms with Crippen LogP contribution in [0.1, 0.15) is 13.8 Å². The van der Waals surface area contributed by atoms with Gasteiger partial charge >= 0.3 is 7.12 Å². The smallest absolute Gasteiger partial charge is 0.427 e. The molecule has 2 N–H and O–H groups in total. The maximum atomic E-state index is 8.53. The van der Waals surface area contributed by atoms with Gasteiger partial charge < -0.3 is 10.0 Å². The molecule has 0 aliphatic rings. The molecular weight excluding hydrogens is 117 g/mol. The van der Waals surface area contributed by atoms with E-state index >= 15 is 0 Å². The minimum absolute atomic E-state index is 0.301. The summed E-state index contributed by atoms with van der Waals surface area (Å²) in [5, 5.41) is 25.3. The highest BCUT2D eigenvalue weighted by atomic mass is 16.4. The summed E-state index contributed by atoms with van der Waals surface area (Å²) in [6, 6.07) is 1.93. The molecule has 4 heteroatoms. The van der Waals surface area contributed by atoms with E-state index in [0.29, 0.717) is 0 Å². The lowest BCUT2D eigenvalue weighted by Crippen LogP contribution is -2.22.